The predicted molar refractivity (Wildman–Crippen MR) is 165 cm³/mol. The molecule has 15 heteroatoms. The lowest BCUT2D eigenvalue weighted by molar-refractivity contribution is -0.138. The Bertz CT molecular complexity index is 1260. The molecule has 40 heavy (non-hydrogen) atoms. The fourth-order valence-electron chi connectivity index (χ4n) is 6.98. The lowest BCUT2D eigenvalue weighted by Gasteiger charge is -2.59. The molecule has 7 nitrogen and oxygen atoms in total. The van der Waals surface area contributed by atoms with Gasteiger partial charge in [-0.05, 0) is 32.3 Å². The zero-order valence-electron chi connectivity index (χ0n) is 24.5. The number of carbonyl (C=O) groups excluding carboxylic acids is 1. The molecule has 5 rings (SSSR count). The van der Waals surface area contributed by atoms with E-state index in [1.165, 1.54) is 32.9 Å². The van der Waals surface area contributed by atoms with E-state index in [4.69, 9.17) is 4.74 Å². The van der Waals surface area contributed by atoms with Crippen LogP contribution in [0, 0.1) is 5.41 Å². The van der Waals surface area contributed by atoms with Gasteiger partial charge < -0.3 is 9.64 Å². The number of hydrogen-bond acceptors (Lipinski definition) is 6. The summed E-state index contributed by atoms with van der Waals surface area (Å²) in [6.45, 7) is 7.70. The van der Waals surface area contributed by atoms with Crippen molar-refractivity contribution in [3.63, 3.8) is 0 Å². The summed E-state index contributed by atoms with van der Waals surface area (Å²) in [5.41, 5.74) is 7.78. The minimum atomic E-state index is -4.48. The molecule has 1 aliphatic carbocycles. The summed E-state index contributed by atoms with van der Waals surface area (Å²) in [6, 6.07) is -0.383. The number of ether oxygens (including phenoxy) is 1. The molecule has 1 saturated carbocycles. The van der Waals surface area contributed by atoms with E-state index in [2.05, 4.69) is 54.1 Å². The van der Waals surface area contributed by atoms with Gasteiger partial charge in [-0.1, -0.05) is 10.9 Å². The summed E-state index contributed by atoms with van der Waals surface area (Å²) in [5.74, 6) is 0.233. The van der Waals surface area contributed by atoms with Gasteiger partial charge in [-0.25, -0.2) is 14.8 Å². The molecular weight excluding hydrogens is 513 g/mol. The molecule has 0 radical (unpaired) electrons. The van der Waals surface area contributed by atoms with Gasteiger partial charge in [0.25, 0.3) is 0 Å². The van der Waals surface area contributed by atoms with Gasteiger partial charge in [-0.15, -0.1) is 16.4 Å². The Balaban J connectivity index is 1.11. The van der Waals surface area contributed by atoms with Crippen LogP contribution in [0.5, 0.6) is 0 Å². The van der Waals surface area contributed by atoms with E-state index in [9.17, 15) is 18.0 Å². The number of carbonyl (C=O) groups is 1. The molecule has 2 aliphatic heterocycles. The SMILES string of the molecule is Bc1c(B)c(B)c(CN2CC3(CC(OC(=O)N4[C@H](C)CN(c5ncc(C(F)(F)F)cn5)C[C@@H]4C)C3)C2)c(B)c1B. The summed E-state index contributed by atoms with van der Waals surface area (Å²) >= 11 is 0. The van der Waals surface area contributed by atoms with Crippen molar-refractivity contribution in [2.24, 2.45) is 5.41 Å². The van der Waals surface area contributed by atoms with Crippen LogP contribution in [0.3, 0.4) is 0 Å². The van der Waals surface area contributed by atoms with E-state index in [0.717, 1.165) is 44.9 Å². The third-order valence-electron chi connectivity index (χ3n) is 9.62. The van der Waals surface area contributed by atoms with Crippen molar-refractivity contribution in [3.05, 3.63) is 23.5 Å². The highest BCUT2D eigenvalue weighted by Crippen LogP contribution is 2.50. The van der Waals surface area contributed by atoms with Gasteiger partial charge in [0.1, 0.15) is 45.3 Å². The Labute approximate surface area is 238 Å². The molecule has 0 unspecified atom stereocenters. The van der Waals surface area contributed by atoms with E-state index < -0.39 is 11.7 Å². The maximum absolute atomic E-state index is 13.1. The summed E-state index contributed by atoms with van der Waals surface area (Å²) < 4.78 is 44.5. The lowest BCUT2D eigenvalue weighted by atomic mass is 9.59. The number of hydrogen-bond donors (Lipinski definition) is 0. The first kappa shape index (κ1) is 29.0. The first-order valence-corrected chi connectivity index (χ1v) is 14.1. The summed E-state index contributed by atoms with van der Waals surface area (Å²) in [4.78, 5) is 27.0. The molecule has 1 aromatic carbocycles. The number of anilines is 1. The average molecular weight is 549 g/mol. The Morgan fingerprint density at radius 2 is 1.45 bits per heavy atom. The number of aromatic nitrogens is 2. The molecule has 3 aliphatic rings. The number of benzene rings is 1. The second-order valence-electron chi connectivity index (χ2n) is 12.4. The van der Waals surface area contributed by atoms with Gasteiger partial charge in [-0.2, -0.15) is 13.2 Å². The minimum Gasteiger partial charge on any atom is -0.446 e. The quantitative estimate of drug-likeness (QED) is 0.359. The van der Waals surface area contributed by atoms with Gasteiger partial charge in [0.05, 0.1) is 17.6 Å². The van der Waals surface area contributed by atoms with Crippen LogP contribution in [0.2, 0.25) is 0 Å². The number of halogens is 3. The molecule has 2 aromatic rings. The summed E-state index contributed by atoms with van der Waals surface area (Å²) in [6.07, 6.45) is -1.48. The molecule has 2 saturated heterocycles. The largest absolute Gasteiger partial charge is 0.446 e. The fourth-order valence-corrected chi connectivity index (χ4v) is 6.98. The maximum atomic E-state index is 13.1. The second kappa shape index (κ2) is 10.4. The highest BCUT2D eigenvalue weighted by molar-refractivity contribution is 6.67. The van der Waals surface area contributed by atoms with E-state index >= 15 is 0 Å². The predicted octanol–water partition coefficient (Wildman–Crippen LogP) is -4.51. The van der Waals surface area contributed by atoms with Crippen molar-refractivity contribution in [3.8, 4) is 0 Å². The zero-order chi connectivity index (χ0) is 29.1. The monoisotopic (exact) mass is 549 g/mol. The number of rotatable bonds is 4. The van der Waals surface area contributed by atoms with Gasteiger partial charge in [0.2, 0.25) is 5.95 Å². The molecule has 2 atom stereocenters. The molecule has 1 amide bonds. The van der Waals surface area contributed by atoms with Gasteiger partial charge in [0.15, 0.2) is 0 Å². The van der Waals surface area contributed by atoms with Crippen molar-refractivity contribution in [2.45, 2.75) is 57.6 Å². The van der Waals surface area contributed by atoms with Crippen LogP contribution in [0.1, 0.15) is 37.8 Å². The van der Waals surface area contributed by atoms with Crippen molar-refractivity contribution >= 4 is 78.6 Å². The van der Waals surface area contributed by atoms with Crippen molar-refractivity contribution in [2.75, 3.05) is 31.1 Å². The number of piperazine rings is 1. The van der Waals surface area contributed by atoms with Crippen molar-refractivity contribution in [1.29, 1.82) is 0 Å². The van der Waals surface area contributed by atoms with Crippen LogP contribution < -0.4 is 32.2 Å². The molecule has 0 N–H and O–H groups in total. The van der Waals surface area contributed by atoms with Crippen molar-refractivity contribution in [1.82, 2.24) is 19.8 Å². The minimum absolute atomic E-state index is 0.0716. The first-order valence-electron chi connectivity index (χ1n) is 14.1. The van der Waals surface area contributed by atoms with E-state index in [0.29, 0.717) is 13.1 Å². The third-order valence-corrected chi connectivity index (χ3v) is 9.62. The van der Waals surface area contributed by atoms with Crippen LogP contribution in [0.25, 0.3) is 0 Å². The Morgan fingerprint density at radius 1 is 0.950 bits per heavy atom. The Hall–Kier alpha value is -2.56. The van der Waals surface area contributed by atoms with Crippen LogP contribution in [0.4, 0.5) is 23.9 Å². The molecule has 3 heterocycles. The van der Waals surface area contributed by atoms with E-state index in [-0.39, 0.29) is 35.6 Å². The standard InChI is InChI=1S/C25H35B5F3N5O2/c1-12-7-37(22-34-5-14(6-35-22)25(31,32)33)8-13(2)38(12)23(39)40-15-3-24(4-15)10-36(11-24)9-16-17(26)19(28)21(30)20(29)18(16)27/h5-6,12-13,15H,3-4,7-11,26-30H2,1-2H3/t12-,13+. The molecule has 3 fully saturated rings. The fraction of sp³-hybridized carbons (Fsp3) is 0.560. The topological polar surface area (TPSA) is 61.8 Å². The molecular formula is C25H35B5F3N5O2. The highest BCUT2D eigenvalue weighted by Gasteiger charge is 2.54. The van der Waals surface area contributed by atoms with E-state index in [1.807, 2.05) is 18.7 Å². The number of alkyl halides is 3. The van der Waals surface area contributed by atoms with Crippen LogP contribution in [0.15, 0.2) is 12.4 Å². The van der Waals surface area contributed by atoms with Crippen molar-refractivity contribution < 1.29 is 22.7 Å². The number of amides is 1. The van der Waals surface area contributed by atoms with Gasteiger partial charge >= 0.3 is 12.3 Å². The third kappa shape index (κ3) is 5.26. The number of likely N-dealkylation sites (tertiary alicyclic amines) is 1. The van der Waals surface area contributed by atoms with Crippen LogP contribution in [-0.4, -0.2) is 109 Å². The number of nitrogens with zero attached hydrogens (tertiary/aromatic N) is 5. The zero-order valence-corrected chi connectivity index (χ0v) is 24.5. The Morgan fingerprint density at radius 3 is 1.95 bits per heavy atom. The lowest BCUT2D eigenvalue weighted by Crippen LogP contribution is -2.66. The average Bonchev–Trinajstić information content (AvgIpc) is 2.84. The second-order valence-corrected chi connectivity index (χ2v) is 12.4. The maximum Gasteiger partial charge on any atom is 0.419 e. The first-order chi connectivity index (χ1) is 18.7. The van der Waals surface area contributed by atoms with Gasteiger partial charge in [0, 0.05) is 50.5 Å². The highest BCUT2D eigenvalue weighted by atomic mass is 19.4. The molecule has 0 bridgehead atoms. The van der Waals surface area contributed by atoms with Crippen LogP contribution in [-0.2, 0) is 17.5 Å². The Kier molecular flexibility index (Phi) is 7.51. The summed E-state index contributed by atoms with van der Waals surface area (Å²) in [7, 11) is 11.1. The molecule has 1 aromatic heterocycles. The molecule has 1 spiro atoms. The summed E-state index contributed by atoms with van der Waals surface area (Å²) in [5, 5.41) is 0. The van der Waals surface area contributed by atoms with Gasteiger partial charge in [-0.3, -0.25) is 9.80 Å². The van der Waals surface area contributed by atoms with E-state index in [1.54, 1.807) is 4.90 Å². The van der Waals surface area contributed by atoms with Crippen LogP contribution >= 0.6 is 0 Å². The normalized spacial score (nSPS) is 23.1. The smallest absolute Gasteiger partial charge is 0.419 e. The molecule has 208 valence electrons.